The van der Waals surface area contributed by atoms with Crippen LogP contribution in [0.15, 0.2) is 57.7 Å². The third-order valence-electron chi connectivity index (χ3n) is 3.51. The number of fused-ring (bicyclic) bond motifs is 1. The lowest BCUT2D eigenvalue weighted by atomic mass is 10.1. The van der Waals surface area contributed by atoms with Gasteiger partial charge in [0, 0.05) is 23.1 Å². The molecular formula is C18H14F2O4. The number of hydrogen-bond donors (Lipinski definition) is 0. The maximum atomic E-state index is 12.4. The average Bonchev–Trinajstić information content (AvgIpc) is 2.53. The van der Waals surface area contributed by atoms with Crippen molar-refractivity contribution in [1.29, 1.82) is 0 Å². The van der Waals surface area contributed by atoms with E-state index in [1.165, 1.54) is 12.1 Å². The number of ether oxygens (including phenoxy) is 2. The fourth-order valence-electron chi connectivity index (χ4n) is 2.39. The van der Waals surface area contributed by atoms with Crippen LogP contribution in [0.25, 0.3) is 11.0 Å². The maximum Gasteiger partial charge on any atom is 0.387 e. The quantitative estimate of drug-likeness (QED) is 0.654. The van der Waals surface area contributed by atoms with E-state index in [0.29, 0.717) is 16.9 Å². The number of hydrogen-bond acceptors (Lipinski definition) is 4. The van der Waals surface area contributed by atoms with Crippen molar-refractivity contribution in [3.05, 3.63) is 70.1 Å². The summed E-state index contributed by atoms with van der Waals surface area (Å²) in [5, 5.41) is 0.809. The van der Waals surface area contributed by atoms with Crippen molar-refractivity contribution in [1.82, 2.24) is 0 Å². The molecule has 0 fully saturated rings. The van der Waals surface area contributed by atoms with Crippen LogP contribution in [-0.2, 0) is 6.61 Å². The summed E-state index contributed by atoms with van der Waals surface area (Å²) in [5.74, 6) is 0.527. The van der Waals surface area contributed by atoms with Gasteiger partial charge in [-0.15, -0.1) is 0 Å². The van der Waals surface area contributed by atoms with Crippen LogP contribution >= 0.6 is 0 Å². The summed E-state index contributed by atoms with van der Waals surface area (Å²) >= 11 is 0. The van der Waals surface area contributed by atoms with Gasteiger partial charge in [0.2, 0.25) is 0 Å². The van der Waals surface area contributed by atoms with Gasteiger partial charge >= 0.3 is 12.2 Å². The van der Waals surface area contributed by atoms with Crippen LogP contribution in [0, 0.1) is 6.92 Å². The van der Waals surface area contributed by atoms with E-state index in [-0.39, 0.29) is 12.4 Å². The fourth-order valence-corrected chi connectivity index (χ4v) is 2.39. The van der Waals surface area contributed by atoms with Crippen LogP contribution in [0.5, 0.6) is 11.5 Å². The molecule has 24 heavy (non-hydrogen) atoms. The van der Waals surface area contributed by atoms with E-state index in [0.717, 1.165) is 10.9 Å². The van der Waals surface area contributed by atoms with Crippen molar-refractivity contribution < 1.29 is 22.7 Å². The monoisotopic (exact) mass is 332 g/mol. The summed E-state index contributed by atoms with van der Waals surface area (Å²) in [6, 6.07) is 12.9. The summed E-state index contributed by atoms with van der Waals surface area (Å²) in [6.45, 7) is -1.04. The van der Waals surface area contributed by atoms with E-state index in [9.17, 15) is 13.6 Å². The van der Waals surface area contributed by atoms with Crippen LogP contribution in [-0.4, -0.2) is 6.61 Å². The van der Waals surface area contributed by atoms with Gasteiger partial charge in [0.05, 0.1) is 0 Å². The molecule has 2 aromatic carbocycles. The lowest BCUT2D eigenvalue weighted by Crippen LogP contribution is -2.06. The molecule has 3 aromatic rings. The Morgan fingerprint density at radius 3 is 2.71 bits per heavy atom. The largest absolute Gasteiger partial charge is 0.489 e. The topological polar surface area (TPSA) is 48.7 Å². The minimum absolute atomic E-state index is 0.0461. The first kappa shape index (κ1) is 16.0. The van der Waals surface area contributed by atoms with Crippen molar-refractivity contribution in [3.63, 3.8) is 0 Å². The second-order valence-electron chi connectivity index (χ2n) is 5.18. The molecule has 3 rings (SSSR count). The Morgan fingerprint density at radius 1 is 1.12 bits per heavy atom. The van der Waals surface area contributed by atoms with Crippen LogP contribution in [0.3, 0.4) is 0 Å². The summed E-state index contributed by atoms with van der Waals surface area (Å²) in [7, 11) is 0. The molecule has 0 atom stereocenters. The van der Waals surface area contributed by atoms with Crippen LogP contribution in [0.4, 0.5) is 8.78 Å². The van der Waals surface area contributed by atoms with Gasteiger partial charge in [-0.05, 0) is 30.7 Å². The van der Waals surface area contributed by atoms with E-state index < -0.39 is 12.2 Å². The van der Waals surface area contributed by atoms with Gasteiger partial charge < -0.3 is 13.9 Å². The Morgan fingerprint density at radius 2 is 1.92 bits per heavy atom. The second kappa shape index (κ2) is 6.70. The number of alkyl halides is 2. The molecule has 0 saturated heterocycles. The molecule has 124 valence electrons. The molecule has 6 heteroatoms. The summed E-state index contributed by atoms with van der Waals surface area (Å²) in [4.78, 5) is 11.4. The number of benzene rings is 2. The van der Waals surface area contributed by atoms with Gasteiger partial charge in [-0.1, -0.05) is 18.2 Å². The zero-order chi connectivity index (χ0) is 17.1. The Labute approximate surface area is 136 Å². The van der Waals surface area contributed by atoms with Crippen LogP contribution in [0.2, 0.25) is 0 Å². The van der Waals surface area contributed by atoms with Gasteiger partial charge in [0.1, 0.15) is 23.7 Å². The zero-order valence-electron chi connectivity index (χ0n) is 12.8. The molecule has 0 aliphatic heterocycles. The van der Waals surface area contributed by atoms with Crippen LogP contribution in [0.1, 0.15) is 11.1 Å². The molecular weight excluding hydrogens is 318 g/mol. The third-order valence-corrected chi connectivity index (χ3v) is 3.51. The minimum atomic E-state index is -2.90. The first-order valence-electron chi connectivity index (χ1n) is 7.23. The highest BCUT2D eigenvalue weighted by Crippen LogP contribution is 2.25. The molecule has 0 amide bonds. The Bertz CT molecular complexity index is 918. The SMILES string of the molecule is Cc1cc(=O)oc2cc(OCc3ccccc3OC(F)F)ccc12. The normalized spacial score (nSPS) is 11.0. The van der Waals surface area contributed by atoms with E-state index in [1.807, 2.05) is 6.92 Å². The predicted octanol–water partition coefficient (Wildman–Crippen LogP) is 4.28. The fraction of sp³-hybridized carbons (Fsp3) is 0.167. The highest BCUT2D eigenvalue weighted by Gasteiger charge is 2.10. The molecule has 0 bridgehead atoms. The lowest BCUT2D eigenvalue weighted by molar-refractivity contribution is -0.0508. The molecule has 0 saturated carbocycles. The standard InChI is InChI=1S/C18H14F2O4/c1-11-8-17(21)23-16-9-13(6-7-14(11)16)22-10-12-4-2-3-5-15(12)24-18(19)20/h2-9,18H,10H2,1H3. The van der Waals surface area contributed by atoms with Crippen molar-refractivity contribution in [2.45, 2.75) is 20.1 Å². The summed E-state index contributed by atoms with van der Waals surface area (Å²) in [6.07, 6.45) is 0. The minimum Gasteiger partial charge on any atom is -0.489 e. The molecule has 1 heterocycles. The first-order chi connectivity index (χ1) is 11.5. The van der Waals surface area contributed by atoms with E-state index in [1.54, 1.807) is 36.4 Å². The number of rotatable bonds is 5. The lowest BCUT2D eigenvalue weighted by Gasteiger charge is -2.12. The van der Waals surface area contributed by atoms with Gasteiger partial charge in [-0.25, -0.2) is 4.79 Å². The Kier molecular flexibility index (Phi) is 4.46. The maximum absolute atomic E-state index is 12.4. The first-order valence-corrected chi connectivity index (χ1v) is 7.23. The molecule has 0 radical (unpaired) electrons. The average molecular weight is 332 g/mol. The number of para-hydroxylation sites is 1. The summed E-state index contributed by atoms with van der Waals surface area (Å²) in [5.41, 5.74) is 1.27. The molecule has 0 unspecified atom stereocenters. The van der Waals surface area contributed by atoms with Crippen molar-refractivity contribution >= 4 is 11.0 Å². The van der Waals surface area contributed by atoms with Crippen molar-refractivity contribution in [2.24, 2.45) is 0 Å². The molecule has 0 spiro atoms. The molecule has 1 aromatic heterocycles. The zero-order valence-corrected chi connectivity index (χ0v) is 12.8. The van der Waals surface area contributed by atoms with E-state index >= 15 is 0 Å². The van der Waals surface area contributed by atoms with Gasteiger partial charge in [0.15, 0.2) is 0 Å². The Balaban J connectivity index is 1.82. The van der Waals surface area contributed by atoms with Gasteiger partial charge in [-0.3, -0.25) is 0 Å². The predicted molar refractivity (Wildman–Crippen MR) is 84.6 cm³/mol. The number of halogens is 2. The summed E-state index contributed by atoms with van der Waals surface area (Å²) < 4.78 is 40.0. The number of aryl methyl sites for hydroxylation is 1. The molecule has 0 aliphatic rings. The smallest absolute Gasteiger partial charge is 0.387 e. The molecule has 4 nitrogen and oxygen atoms in total. The second-order valence-corrected chi connectivity index (χ2v) is 5.18. The van der Waals surface area contributed by atoms with Gasteiger partial charge in [-0.2, -0.15) is 8.78 Å². The van der Waals surface area contributed by atoms with E-state index in [2.05, 4.69) is 4.74 Å². The highest BCUT2D eigenvalue weighted by atomic mass is 19.3. The van der Waals surface area contributed by atoms with Crippen molar-refractivity contribution in [2.75, 3.05) is 0 Å². The van der Waals surface area contributed by atoms with E-state index in [4.69, 9.17) is 9.15 Å². The molecule has 0 N–H and O–H groups in total. The molecule has 0 aliphatic carbocycles. The Hall–Kier alpha value is -2.89. The highest BCUT2D eigenvalue weighted by molar-refractivity contribution is 5.81. The van der Waals surface area contributed by atoms with Crippen LogP contribution < -0.4 is 15.1 Å². The van der Waals surface area contributed by atoms with Gasteiger partial charge in [0.25, 0.3) is 0 Å². The third kappa shape index (κ3) is 3.53. The van der Waals surface area contributed by atoms with Crippen molar-refractivity contribution in [3.8, 4) is 11.5 Å².